The zero-order valence-electron chi connectivity index (χ0n) is 42.7. The number of aliphatic hydroxyl groups excluding tert-OH is 1. The van der Waals surface area contributed by atoms with Crippen molar-refractivity contribution in [3.05, 3.63) is 153 Å². The van der Waals surface area contributed by atoms with Gasteiger partial charge in [-0.1, -0.05) is 157 Å². The van der Waals surface area contributed by atoms with Crippen molar-refractivity contribution in [2.24, 2.45) is 5.92 Å². The number of benzene rings is 4. The third-order valence-corrected chi connectivity index (χ3v) is 20.3. The van der Waals surface area contributed by atoms with Crippen LogP contribution in [-0.4, -0.2) is 93.0 Å². The molecule has 7 rings (SSSR count). The second kappa shape index (κ2) is 26.0. The molecule has 11 atom stereocenters. The molecule has 0 unspecified atom stereocenters. The molecule has 0 spiro atoms. The van der Waals surface area contributed by atoms with Gasteiger partial charge in [-0.25, -0.2) is 0 Å². The van der Waals surface area contributed by atoms with E-state index in [2.05, 4.69) is 109 Å². The van der Waals surface area contributed by atoms with E-state index in [9.17, 15) is 5.11 Å². The molecule has 4 aromatic rings. The maximum absolute atomic E-state index is 15.3. The average molecular weight is 1120 g/mol. The maximum atomic E-state index is 15.3. The van der Waals surface area contributed by atoms with Crippen molar-refractivity contribution in [2.75, 3.05) is 13.2 Å². The standard InChI is InChI=1S/C58H76Br2O10Si/c1-40-30-49(66-37-44-24-28-46(60)29-25-44)54(39-64-35-43-22-26-45(59)27-23-43)68-51-33-56(62)58(5,69-52(51)31-40)55(61)32-50-48(70-71(6,7)57(2,3)4)21-15-14-20-47(65-36-42-18-12-9-13-19-42)53(67-50)38-63-34-41-16-10-8-11-17-41/h8-19,22-29,40,47-54,56,62H,20-21,30-39H2,1-7H3/b15-14-/t40-,47-,48+,49+,50-,51+,52-,53+,54-,56+,58+/m1/s1. The lowest BCUT2D eigenvalue weighted by molar-refractivity contribution is -0.256. The van der Waals surface area contributed by atoms with Gasteiger partial charge < -0.3 is 42.7 Å². The van der Waals surface area contributed by atoms with Crippen molar-refractivity contribution in [3.63, 3.8) is 0 Å². The molecule has 0 bridgehead atoms. The topological polar surface area (TPSA) is 111 Å². The maximum Gasteiger partial charge on any atom is 0.192 e. The van der Waals surface area contributed by atoms with Gasteiger partial charge in [0.05, 0.1) is 82.4 Å². The van der Waals surface area contributed by atoms with Gasteiger partial charge in [0.2, 0.25) is 0 Å². The fourth-order valence-electron chi connectivity index (χ4n) is 9.37. The Labute approximate surface area is 440 Å². The van der Waals surface area contributed by atoms with Crippen LogP contribution in [0, 0.1) is 5.92 Å². The van der Waals surface area contributed by atoms with Crippen LogP contribution in [0.15, 0.2) is 130 Å². The molecule has 13 heteroatoms. The second-order valence-corrected chi connectivity index (χ2v) is 28.0. The first-order valence-electron chi connectivity index (χ1n) is 25.4. The second-order valence-electron chi connectivity index (χ2n) is 21.5. The number of ether oxygens (including phenoxy) is 7. The van der Waals surface area contributed by atoms with Crippen molar-refractivity contribution in [1.29, 1.82) is 0 Å². The third-order valence-electron chi connectivity index (χ3n) is 14.8. The SMILES string of the molecule is C[C@@H]1C[C@H](OCc2ccc(Br)cc2)[C@@H](COCc2ccc(Br)cc2)O[C@H]2C[C@H](O)[C@](C)(C(=O)C[C@H]3O[C@@H](COCc4ccccc4)[C@H](OCc4ccccc4)C/C=C\C[C@@H]3O[Si](C)(C)C(C)(C)C)O[C@@H]2C1. The Hall–Kier alpha value is -2.89. The van der Waals surface area contributed by atoms with Crippen molar-refractivity contribution in [3.8, 4) is 0 Å². The fraction of sp³-hybridized carbons (Fsp3) is 0.534. The highest BCUT2D eigenvalue weighted by Gasteiger charge is 2.53. The van der Waals surface area contributed by atoms with Crippen LogP contribution in [0.1, 0.15) is 95.4 Å². The quantitative estimate of drug-likeness (QED) is 0.0720. The van der Waals surface area contributed by atoms with Gasteiger partial charge in [0.15, 0.2) is 14.1 Å². The monoisotopic (exact) mass is 1120 g/mol. The molecule has 0 radical (unpaired) electrons. The molecule has 71 heavy (non-hydrogen) atoms. The zero-order valence-corrected chi connectivity index (χ0v) is 46.9. The van der Waals surface area contributed by atoms with E-state index in [-0.39, 0.29) is 55.0 Å². The summed E-state index contributed by atoms with van der Waals surface area (Å²) >= 11 is 7.07. The molecule has 4 aromatic carbocycles. The summed E-state index contributed by atoms with van der Waals surface area (Å²) in [4.78, 5) is 15.3. The van der Waals surface area contributed by atoms with Crippen LogP contribution in [0.25, 0.3) is 0 Å². The molecule has 0 aromatic heterocycles. The van der Waals surface area contributed by atoms with Crippen LogP contribution in [0.2, 0.25) is 18.1 Å². The summed E-state index contributed by atoms with van der Waals surface area (Å²) in [6, 6.07) is 36.4. The number of Topliss-reactive ketones (excluding diaryl/α,β-unsaturated/α-hetero) is 1. The minimum atomic E-state index is -2.40. The minimum Gasteiger partial charge on any atom is -0.411 e. The summed E-state index contributed by atoms with van der Waals surface area (Å²) in [7, 11) is -2.40. The first-order valence-corrected chi connectivity index (χ1v) is 29.9. The molecule has 2 saturated heterocycles. The van der Waals surface area contributed by atoms with Gasteiger partial charge in [-0.2, -0.15) is 0 Å². The van der Waals surface area contributed by atoms with Gasteiger partial charge in [-0.3, -0.25) is 4.79 Å². The van der Waals surface area contributed by atoms with E-state index < -0.39 is 56.6 Å². The Morgan fingerprint density at radius 1 is 0.648 bits per heavy atom. The number of rotatable bonds is 19. The number of carbonyl (C=O) groups excluding carboxylic acids is 1. The molecular weight excluding hydrogens is 1040 g/mol. The van der Waals surface area contributed by atoms with Gasteiger partial charge in [0.1, 0.15) is 17.8 Å². The largest absolute Gasteiger partial charge is 0.411 e. The van der Waals surface area contributed by atoms with E-state index in [0.717, 1.165) is 31.2 Å². The number of carbonyl (C=O) groups is 1. The van der Waals surface area contributed by atoms with Crippen molar-refractivity contribution < 1.29 is 47.5 Å². The van der Waals surface area contributed by atoms with Crippen LogP contribution in [0.4, 0.5) is 0 Å². The van der Waals surface area contributed by atoms with Crippen molar-refractivity contribution in [1.82, 2.24) is 0 Å². The molecular formula is C58H76Br2O10Si. The van der Waals surface area contributed by atoms with Crippen LogP contribution >= 0.6 is 31.9 Å². The number of hydrogen-bond acceptors (Lipinski definition) is 10. The normalized spacial score (nSPS) is 29.2. The molecule has 0 saturated carbocycles. The van der Waals surface area contributed by atoms with Gasteiger partial charge >= 0.3 is 0 Å². The first kappa shape index (κ1) is 55.8. The van der Waals surface area contributed by atoms with Crippen molar-refractivity contribution >= 4 is 46.0 Å². The van der Waals surface area contributed by atoms with Gasteiger partial charge in [-0.15, -0.1) is 0 Å². The smallest absolute Gasteiger partial charge is 0.192 e. The highest BCUT2D eigenvalue weighted by Crippen LogP contribution is 2.42. The molecule has 3 heterocycles. The first-order chi connectivity index (χ1) is 34.0. The predicted molar refractivity (Wildman–Crippen MR) is 287 cm³/mol. The number of ketones is 1. The highest BCUT2D eigenvalue weighted by molar-refractivity contribution is 9.10. The molecule has 386 valence electrons. The average Bonchev–Trinajstić information content (AvgIpc) is 3.40. The molecule has 0 aliphatic carbocycles. The predicted octanol–water partition coefficient (Wildman–Crippen LogP) is 12.7. The lowest BCUT2D eigenvalue weighted by Crippen LogP contribution is -2.62. The van der Waals surface area contributed by atoms with E-state index in [4.69, 9.17) is 37.6 Å². The Morgan fingerprint density at radius 3 is 1.70 bits per heavy atom. The van der Waals surface area contributed by atoms with Crippen molar-refractivity contribution in [2.45, 2.75) is 178 Å². The molecule has 2 fully saturated rings. The number of aliphatic hydroxyl groups is 1. The summed E-state index contributed by atoms with van der Waals surface area (Å²) in [6.45, 7) is 17.2. The lowest BCUT2D eigenvalue weighted by Gasteiger charge is -2.49. The fourth-order valence-corrected chi connectivity index (χ4v) is 11.3. The zero-order chi connectivity index (χ0) is 50.6. The summed E-state index contributed by atoms with van der Waals surface area (Å²) in [5.74, 6) is -0.104. The Kier molecular flexibility index (Phi) is 20.5. The molecule has 0 amide bonds. The third kappa shape index (κ3) is 16.1. The molecule has 1 N–H and O–H groups in total. The van der Waals surface area contributed by atoms with Gasteiger partial charge in [0, 0.05) is 21.8 Å². The lowest BCUT2D eigenvalue weighted by atomic mass is 9.80. The molecule has 3 aliphatic heterocycles. The summed E-state index contributed by atoms with van der Waals surface area (Å²) < 4.78 is 56.6. The summed E-state index contributed by atoms with van der Waals surface area (Å²) in [5.41, 5.74) is 2.65. The van der Waals surface area contributed by atoms with E-state index in [1.54, 1.807) is 6.92 Å². The van der Waals surface area contributed by atoms with Crippen LogP contribution in [-0.2, 0) is 68.8 Å². The number of halogens is 2. The molecule has 3 aliphatic rings. The van der Waals surface area contributed by atoms with Gasteiger partial charge in [0.25, 0.3) is 0 Å². The van der Waals surface area contributed by atoms with E-state index in [1.165, 1.54) is 0 Å². The summed E-state index contributed by atoms with van der Waals surface area (Å²) in [5, 5.41) is 12.2. The van der Waals surface area contributed by atoms with Crippen LogP contribution in [0.3, 0.4) is 0 Å². The van der Waals surface area contributed by atoms with E-state index in [0.29, 0.717) is 52.1 Å². The Morgan fingerprint density at radius 2 is 1.14 bits per heavy atom. The Balaban J connectivity index is 1.12. The Bertz CT molecular complexity index is 2260. The minimum absolute atomic E-state index is 0.0480. The number of fused-ring (bicyclic) bond motifs is 1. The van der Waals surface area contributed by atoms with E-state index >= 15 is 4.79 Å². The van der Waals surface area contributed by atoms with Crippen LogP contribution in [0.5, 0.6) is 0 Å². The van der Waals surface area contributed by atoms with E-state index in [1.807, 2.05) is 84.9 Å². The summed E-state index contributed by atoms with van der Waals surface area (Å²) in [6.07, 6.45) is 1.89. The number of hydrogen-bond donors (Lipinski definition) is 1. The van der Waals surface area contributed by atoms with Crippen LogP contribution < -0.4 is 0 Å². The highest BCUT2D eigenvalue weighted by atomic mass is 79.9. The molecule has 10 nitrogen and oxygen atoms in total. The van der Waals surface area contributed by atoms with Gasteiger partial charge in [-0.05, 0) is 103 Å².